The van der Waals surface area contributed by atoms with E-state index in [9.17, 15) is 22.8 Å². The van der Waals surface area contributed by atoms with Crippen LogP contribution in [0.5, 0.6) is 0 Å². The van der Waals surface area contributed by atoms with Crippen molar-refractivity contribution in [2.75, 3.05) is 31.1 Å². The van der Waals surface area contributed by atoms with Crippen LogP contribution in [0.2, 0.25) is 0 Å². The summed E-state index contributed by atoms with van der Waals surface area (Å²) in [6.45, 7) is 2.65. The second-order valence-electron chi connectivity index (χ2n) is 9.13. The van der Waals surface area contributed by atoms with Gasteiger partial charge in [0, 0.05) is 26.2 Å². The van der Waals surface area contributed by atoms with E-state index in [0.29, 0.717) is 26.2 Å². The third kappa shape index (κ3) is 4.79. The average Bonchev–Trinajstić information content (AvgIpc) is 3.19. The van der Waals surface area contributed by atoms with E-state index in [1.165, 1.54) is 23.3 Å². The smallest absolute Gasteiger partial charge is 0.290 e. The molecule has 0 N–H and O–H groups in total. The van der Waals surface area contributed by atoms with E-state index in [1.807, 2.05) is 41.3 Å². The van der Waals surface area contributed by atoms with Crippen molar-refractivity contribution in [3.05, 3.63) is 102 Å². The van der Waals surface area contributed by atoms with E-state index >= 15 is 0 Å². The third-order valence-corrected chi connectivity index (χ3v) is 6.96. The summed E-state index contributed by atoms with van der Waals surface area (Å²) in [7, 11) is 0. The van der Waals surface area contributed by atoms with Gasteiger partial charge in [0.15, 0.2) is 0 Å². The van der Waals surface area contributed by atoms with Gasteiger partial charge < -0.3 is 0 Å². The Labute approximate surface area is 207 Å². The first kappa shape index (κ1) is 24.2. The Balaban J connectivity index is 1.29. The van der Waals surface area contributed by atoms with E-state index < -0.39 is 23.7 Å². The lowest BCUT2D eigenvalue weighted by Gasteiger charge is -2.41. The van der Waals surface area contributed by atoms with Crippen molar-refractivity contribution in [1.82, 2.24) is 9.80 Å². The normalized spacial score (nSPS) is 19.9. The highest BCUT2D eigenvalue weighted by Gasteiger charge is 2.44. The maximum Gasteiger partial charge on any atom is 0.416 e. The van der Waals surface area contributed by atoms with E-state index in [0.717, 1.165) is 17.0 Å². The molecule has 0 aliphatic carbocycles. The Morgan fingerprint density at radius 3 is 1.75 bits per heavy atom. The average molecular weight is 494 g/mol. The van der Waals surface area contributed by atoms with Crippen LogP contribution in [0.25, 0.3) is 0 Å². The van der Waals surface area contributed by atoms with Gasteiger partial charge in [-0.15, -0.1) is 0 Å². The van der Waals surface area contributed by atoms with Gasteiger partial charge >= 0.3 is 6.18 Å². The number of alkyl halides is 3. The zero-order valence-corrected chi connectivity index (χ0v) is 19.6. The first-order valence-corrected chi connectivity index (χ1v) is 11.9. The van der Waals surface area contributed by atoms with Gasteiger partial charge in [0.2, 0.25) is 5.91 Å². The molecule has 2 aliphatic heterocycles. The topological polar surface area (TPSA) is 43.9 Å². The largest absolute Gasteiger partial charge is 0.416 e. The van der Waals surface area contributed by atoms with E-state index in [1.54, 1.807) is 0 Å². The van der Waals surface area contributed by atoms with Gasteiger partial charge in [-0.2, -0.15) is 13.2 Å². The van der Waals surface area contributed by atoms with Gasteiger partial charge in [-0.05, 0) is 35.4 Å². The maximum atomic E-state index is 13.2. The molecule has 2 amide bonds. The maximum absolute atomic E-state index is 13.2. The molecule has 2 fully saturated rings. The summed E-state index contributed by atoms with van der Waals surface area (Å²) in [4.78, 5) is 31.3. The Kier molecular flexibility index (Phi) is 6.64. The predicted molar refractivity (Wildman–Crippen MR) is 130 cm³/mol. The molecule has 2 aliphatic rings. The highest BCUT2D eigenvalue weighted by molar-refractivity contribution is 6.22. The van der Waals surface area contributed by atoms with Crippen LogP contribution in [0.3, 0.4) is 0 Å². The van der Waals surface area contributed by atoms with Crippen LogP contribution in [0.15, 0.2) is 84.9 Å². The number of piperazine rings is 1. The molecule has 5 rings (SSSR count). The first-order valence-electron chi connectivity index (χ1n) is 11.9. The van der Waals surface area contributed by atoms with Crippen molar-refractivity contribution < 1.29 is 22.8 Å². The predicted octanol–water partition coefficient (Wildman–Crippen LogP) is 4.74. The van der Waals surface area contributed by atoms with Gasteiger partial charge in [0.1, 0.15) is 0 Å². The molecule has 0 bridgehead atoms. The molecule has 5 nitrogen and oxygen atoms in total. The summed E-state index contributed by atoms with van der Waals surface area (Å²) in [5.41, 5.74) is 1.74. The van der Waals surface area contributed by atoms with Crippen molar-refractivity contribution in [2.24, 2.45) is 0 Å². The molecule has 2 heterocycles. The number of hydrogen-bond donors (Lipinski definition) is 0. The number of hydrogen-bond acceptors (Lipinski definition) is 4. The van der Waals surface area contributed by atoms with Crippen molar-refractivity contribution in [3.63, 3.8) is 0 Å². The molecule has 0 saturated carbocycles. The Hall–Kier alpha value is -3.49. The quantitative estimate of drug-likeness (QED) is 0.482. The highest BCUT2D eigenvalue weighted by atomic mass is 19.4. The van der Waals surface area contributed by atoms with Crippen LogP contribution >= 0.6 is 0 Å². The Bertz CT molecular complexity index is 1170. The second kappa shape index (κ2) is 9.87. The molecule has 3 aromatic rings. The fourth-order valence-electron chi connectivity index (χ4n) is 5.16. The summed E-state index contributed by atoms with van der Waals surface area (Å²) in [6, 6.07) is 24.2. The van der Waals surface area contributed by atoms with Crippen molar-refractivity contribution >= 4 is 17.5 Å². The molecule has 186 valence electrons. The minimum absolute atomic E-state index is 0.0284. The Morgan fingerprint density at radius 1 is 0.722 bits per heavy atom. The summed E-state index contributed by atoms with van der Waals surface area (Å²) >= 11 is 0. The standard InChI is InChI=1S/C28H26F3N3O2/c29-28(30,31)22-11-13-23(14-12-22)34-25(35)19-24(27(34)36)32-15-17-33(18-16-32)26(20-7-3-1-4-8-20)21-9-5-2-6-10-21/h1-14,24,26H,15-19H2. The van der Waals surface area contributed by atoms with Crippen LogP contribution in [-0.2, 0) is 15.8 Å². The molecule has 8 heteroatoms. The lowest BCUT2D eigenvalue weighted by molar-refractivity contribution is -0.137. The number of benzene rings is 3. The number of rotatable bonds is 5. The molecule has 3 aromatic carbocycles. The number of amides is 2. The van der Waals surface area contributed by atoms with Gasteiger partial charge in [0.25, 0.3) is 5.91 Å². The monoisotopic (exact) mass is 493 g/mol. The second-order valence-corrected chi connectivity index (χ2v) is 9.13. The number of anilines is 1. The molecule has 1 unspecified atom stereocenters. The van der Waals surface area contributed by atoms with Crippen molar-refractivity contribution in [2.45, 2.75) is 24.7 Å². The minimum Gasteiger partial charge on any atom is -0.290 e. The van der Waals surface area contributed by atoms with Crippen molar-refractivity contribution in [3.8, 4) is 0 Å². The molecule has 2 saturated heterocycles. The SMILES string of the molecule is O=C1CC(N2CCN(C(c3ccccc3)c3ccccc3)CC2)C(=O)N1c1ccc(C(F)(F)F)cc1. The molecule has 0 radical (unpaired) electrons. The Morgan fingerprint density at radius 2 is 1.25 bits per heavy atom. The van der Waals surface area contributed by atoms with E-state index in [4.69, 9.17) is 0 Å². The molecular weight excluding hydrogens is 467 g/mol. The zero-order valence-electron chi connectivity index (χ0n) is 19.6. The van der Waals surface area contributed by atoms with E-state index in [2.05, 4.69) is 29.2 Å². The van der Waals surface area contributed by atoms with Crippen molar-refractivity contribution in [1.29, 1.82) is 0 Å². The van der Waals surface area contributed by atoms with Gasteiger partial charge in [-0.3, -0.25) is 19.4 Å². The lowest BCUT2D eigenvalue weighted by Crippen LogP contribution is -2.53. The fraction of sp³-hybridized carbons (Fsp3) is 0.286. The molecular formula is C28H26F3N3O2. The summed E-state index contributed by atoms with van der Waals surface area (Å²) in [5, 5.41) is 0. The fourth-order valence-corrected chi connectivity index (χ4v) is 5.16. The highest BCUT2D eigenvalue weighted by Crippen LogP contribution is 2.34. The number of halogens is 3. The van der Waals surface area contributed by atoms with Gasteiger partial charge in [-0.25, -0.2) is 4.90 Å². The summed E-state index contributed by atoms with van der Waals surface area (Å²) < 4.78 is 38.7. The molecule has 0 aromatic heterocycles. The van der Waals surface area contributed by atoms with Gasteiger partial charge in [0.05, 0.1) is 29.8 Å². The van der Waals surface area contributed by atoms with Crippen LogP contribution in [0.1, 0.15) is 29.2 Å². The third-order valence-electron chi connectivity index (χ3n) is 6.96. The molecule has 1 atom stereocenters. The van der Waals surface area contributed by atoms with Crippen LogP contribution in [-0.4, -0.2) is 53.8 Å². The van der Waals surface area contributed by atoms with Crippen LogP contribution in [0.4, 0.5) is 18.9 Å². The number of imide groups is 1. The first-order chi connectivity index (χ1) is 17.3. The summed E-state index contributed by atoms with van der Waals surface area (Å²) in [6.07, 6.45) is -4.45. The van der Waals surface area contributed by atoms with Gasteiger partial charge in [-0.1, -0.05) is 60.7 Å². The summed E-state index contributed by atoms with van der Waals surface area (Å²) in [5.74, 6) is -0.769. The molecule has 36 heavy (non-hydrogen) atoms. The number of nitrogens with zero attached hydrogens (tertiary/aromatic N) is 3. The van der Waals surface area contributed by atoms with E-state index in [-0.39, 0.29) is 24.1 Å². The lowest BCUT2D eigenvalue weighted by atomic mass is 9.96. The van der Waals surface area contributed by atoms with Crippen LogP contribution < -0.4 is 4.90 Å². The minimum atomic E-state index is -4.48. The number of carbonyl (C=O) groups excluding carboxylic acids is 2. The molecule has 0 spiro atoms. The zero-order chi connectivity index (χ0) is 25.3. The van der Waals surface area contributed by atoms with Crippen LogP contribution in [0, 0.1) is 0 Å². The number of carbonyl (C=O) groups is 2.